The lowest BCUT2D eigenvalue weighted by atomic mass is 9.98. The first-order valence-corrected chi connectivity index (χ1v) is 23.6. The summed E-state index contributed by atoms with van der Waals surface area (Å²) in [5, 5.41) is 4.78. The number of nitrogens with zero attached hydrogens (tertiary/aromatic N) is 2. The maximum atomic E-state index is 6.43. The second kappa shape index (κ2) is 16.9. The lowest BCUT2D eigenvalue weighted by molar-refractivity contribution is 0.670. The van der Waals surface area contributed by atoms with Crippen LogP contribution >= 0.6 is 0 Å². The van der Waals surface area contributed by atoms with Gasteiger partial charge in [0.2, 0.25) is 0 Å². The highest BCUT2D eigenvalue weighted by molar-refractivity contribution is 6.16. The molecule has 0 spiro atoms. The van der Waals surface area contributed by atoms with Gasteiger partial charge in [-0.1, -0.05) is 206 Å². The summed E-state index contributed by atoms with van der Waals surface area (Å²) in [6.07, 6.45) is 0. The van der Waals surface area contributed by atoms with Crippen molar-refractivity contribution in [2.75, 3.05) is 4.90 Å². The maximum Gasteiger partial charge on any atom is 0.143 e. The molecule has 324 valence electrons. The fourth-order valence-electron chi connectivity index (χ4n) is 10.3. The molecule has 13 rings (SSSR count). The molecular weight excluding hydrogens is 837 g/mol. The van der Waals surface area contributed by atoms with Gasteiger partial charge in [-0.2, -0.15) is 0 Å². The molecule has 0 saturated carbocycles. The fraction of sp³-hybridized carbons (Fsp3) is 0. The Labute approximate surface area is 401 Å². The van der Waals surface area contributed by atoms with Crippen LogP contribution in [0.15, 0.2) is 271 Å². The van der Waals surface area contributed by atoms with Gasteiger partial charge in [-0.05, 0) is 105 Å². The number of hydrogen-bond donors (Lipinski definition) is 0. The number of anilines is 3. The van der Waals surface area contributed by atoms with Crippen LogP contribution in [0.25, 0.3) is 105 Å². The van der Waals surface area contributed by atoms with Crippen LogP contribution in [0.1, 0.15) is 0 Å². The van der Waals surface area contributed by atoms with Gasteiger partial charge < -0.3 is 13.9 Å². The number of para-hydroxylation sites is 4. The zero-order chi connectivity index (χ0) is 45.7. The lowest BCUT2D eigenvalue weighted by Crippen LogP contribution is -2.09. The van der Waals surface area contributed by atoms with Crippen LogP contribution in [0, 0.1) is 0 Å². The Morgan fingerprint density at radius 3 is 1.38 bits per heavy atom. The van der Waals surface area contributed by atoms with E-state index < -0.39 is 0 Å². The third kappa shape index (κ3) is 7.08. The van der Waals surface area contributed by atoms with Gasteiger partial charge in [0.05, 0.1) is 16.7 Å². The van der Waals surface area contributed by atoms with Gasteiger partial charge in [0.25, 0.3) is 0 Å². The minimum Gasteiger partial charge on any atom is -0.455 e. The van der Waals surface area contributed by atoms with Crippen LogP contribution < -0.4 is 4.90 Å². The van der Waals surface area contributed by atoms with E-state index in [-0.39, 0.29) is 0 Å². The van der Waals surface area contributed by atoms with Gasteiger partial charge in [0, 0.05) is 49.7 Å². The largest absolute Gasteiger partial charge is 0.455 e. The van der Waals surface area contributed by atoms with Crippen molar-refractivity contribution in [3.63, 3.8) is 0 Å². The van der Waals surface area contributed by atoms with E-state index in [9.17, 15) is 0 Å². The molecule has 69 heavy (non-hydrogen) atoms. The predicted molar refractivity (Wildman–Crippen MR) is 290 cm³/mol. The quantitative estimate of drug-likeness (QED) is 0.144. The number of aromatic nitrogens is 1. The SMILES string of the molecule is c1ccc(-c2ccc(N(c3ccc(-c4ccc(-c5ccccc5-n5c6ccccc6c6c(-c7ccccc7)cccc65)cc4)cc3)c3ccc(-c4cccc5c4oc4ccccc45)cc3)cc2)cc1. The first kappa shape index (κ1) is 40.1. The number of fused-ring (bicyclic) bond motifs is 6. The summed E-state index contributed by atoms with van der Waals surface area (Å²) in [6.45, 7) is 0. The second-order valence-electron chi connectivity index (χ2n) is 17.6. The molecule has 0 aliphatic heterocycles. The predicted octanol–water partition coefficient (Wildman–Crippen LogP) is 18.5. The smallest absolute Gasteiger partial charge is 0.143 e. The van der Waals surface area contributed by atoms with Crippen molar-refractivity contribution in [3.05, 3.63) is 267 Å². The molecular formula is C66H44N2O. The number of furan rings is 1. The third-order valence-corrected chi connectivity index (χ3v) is 13.7. The van der Waals surface area contributed by atoms with Crippen molar-refractivity contribution in [3.8, 4) is 61.3 Å². The molecule has 13 aromatic rings. The lowest BCUT2D eigenvalue weighted by Gasteiger charge is -2.26. The summed E-state index contributed by atoms with van der Waals surface area (Å²) in [5.41, 5.74) is 20.3. The average Bonchev–Trinajstić information content (AvgIpc) is 3.98. The van der Waals surface area contributed by atoms with Gasteiger partial charge in [0.1, 0.15) is 11.2 Å². The average molecular weight is 881 g/mol. The number of rotatable bonds is 9. The third-order valence-electron chi connectivity index (χ3n) is 13.7. The highest BCUT2D eigenvalue weighted by atomic mass is 16.3. The highest BCUT2D eigenvalue weighted by Gasteiger charge is 2.19. The topological polar surface area (TPSA) is 21.3 Å². The Bertz CT molecular complexity index is 3960. The molecule has 0 bridgehead atoms. The minimum atomic E-state index is 0.903. The Kier molecular flexibility index (Phi) is 9.84. The van der Waals surface area contributed by atoms with Crippen LogP contribution in [0.5, 0.6) is 0 Å². The fourth-order valence-corrected chi connectivity index (χ4v) is 10.3. The van der Waals surface area contributed by atoms with E-state index in [0.717, 1.165) is 66.9 Å². The maximum absolute atomic E-state index is 6.43. The normalized spacial score (nSPS) is 11.5. The molecule has 0 N–H and O–H groups in total. The summed E-state index contributed by atoms with van der Waals surface area (Å²) < 4.78 is 8.87. The zero-order valence-corrected chi connectivity index (χ0v) is 37.7. The summed E-state index contributed by atoms with van der Waals surface area (Å²) in [4.78, 5) is 2.33. The van der Waals surface area contributed by atoms with Crippen LogP contribution in [0.2, 0.25) is 0 Å². The van der Waals surface area contributed by atoms with Gasteiger partial charge in [0.15, 0.2) is 0 Å². The van der Waals surface area contributed by atoms with E-state index in [0.29, 0.717) is 0 Å². The van der Waals surface area contributed by atoms with Crippen molar-refractivity contribution in [2.45, 2.75) is 0 Å². The van der Waals surface area contributed by atoms with Crippen LogP contribution in [0.3, 0.4) is 0 Å². The molecule has 0 radical (unpaired) electrons. The zero-order valence-electron chi connectivity index (χ0n) is 37.7. The molecule has 0 amide bonds. The molecule has 2 aromatic heterocycles. The van der Waals surface area contributed by atoms with Gasteiger partial charge >= 0.3 is 0 Å². The van der Waals surface area contributed by atoms with Crippen LogP contribution in [-0.2, 0) is 0 Å². The molecule has 0 unspecified atom stereocenters. The summed E-state index contributed by atoms with van der Waals surface area (Å²) in [7, 11) is 0. The van der Waals surface area contributed by atoms with Crippen molar-refractivity contribution in [1.82, 2.24) is 4.57 Å². The van der Waals surface area contributed by atoms with Crippen LogP contribution in [0.4, 0.5) is 17.1 Å². The van der Waals surface area contributed by atoms with Gasteiger partial charge in [-0.3, -0.25) is 0 Å². The molecule has 3 heteroatoms. The first-order chi connectivity index (χ1) is 34.2. The van der Waals surface area contributed by atoms with E-state index in [1.807, 2.05) is 12.1 Å². The van der Waals surface area contributed by atoms with Crippen LogP contribution in [-0.4, -0.2) is 4.57 Å². The summed E-state index contributed by atoms with van der Waals surface area (Å²) in [5.74, 6) is 0. The summed E-state index contributed by atoms with van der Waals surface area (Å²) >= 11 is 0. The standard InChI is InChI=1S/C66H44N2O/c1-3-15-45(16-4-1)47-33-39-52(40-34-47)67(54-43-37-51(38-44-54)57-23-13-24-59-58-20-9-12-28-64(58)69-66(57)59)53-41-35-48(36-42-53)46-29-31-50(32-30-46)55-19-7-10-25-61(55)68-62-26-11-8-21-60(62)65-56(22-14-27-63(65)68)49-17-5-2-6-18-49/h1-44H. The molecule has 0 aliphatic rings. The Balaban J connectivity index is 0.841. The van der Waals surface area contributed by atoms with E-state index in [1.165, 1.54) is 55.2 Å². The Hall–Kier alpha value is -9.18. The molecule has 0 saturated heterocycles. The first-order valence-electron chi connectivity index (χ1n) is 23.6. The highest BCUT2D eigenvalue weighted by Crippen LogP contribution is 2.43. The van der Waals surface area contributed by atoms with E-state index in [2.05, 4.69) is 264 Å². The van der Waals surface area contributed by atoms with Crippen molar-refractivity contribution >= 4 is 60.8 Å². The Morgan fingerprint density at radius 2 is 0.696 bits per heavy atom. The Morgan fingerprint density at radius 1 is 0.275 bits per heavy atom. The number of benzene rings is 11. The summed E-state index contributed by atoms with van der Waals surface area (Å²) in [6, 6.07) is 95.9. The van der Waals surface area contributed by atoms with Crippen molar-refractivity contribution < 1.29 is 4.42 Å². The van der Waals surface area contributed by atoms with Crippen molar-refractivity contribution in [2.24, 2.45) is 0 Å². The van der Waals surface area contributed by atoms with Gasteiger partial charge in [-0.25, -0.2) is 0 Å². The molecule has 11 aromatic carbocycles. The van der Waals surface area contributed by atoms with E-state index in [1.54, 1.807) is 0 Å². The molecule has 2 heterocycles. The van der Waals surface area contributed by atoms with Gasteiger partial charge in [-0.15, -0.1) is 0 Å². The van der Waals surface area contributed by atoms with Crippen molar-refractivity contribution in [1.29, 1.82) is 0 Å². The molecule has 0 fully saturated rings. The monoisotopic (exact) mass is 880 g/mol. The second-order valence-corrected chi connectivity index (χ2v) is 17.6. The molecule has 3 nitrogen and oxygen atoms in total. The number of hydrogen-bond acceptors (Lipinski definition) is 2. The minimum absolute atomic E-state index is 0.903. The molecule has 0 aliphatic carbocycles. The van der Waals surface area contributed by atoms with E-state index >= 15 is 0 Å². The van der Waals surface area contributed by atoms with E-state index in [4.69, 9.17) is 4.42 Å². The molecule has 0 atom stereocenters.